The largest absolute Gasteiger partial charge is 0.481 e. The summed E-state index contributed by atoms with van der Waals surface area (Å²) >= 11 is 5.91. The smallest absolute Gasteiger partial charge is 0.217 e. The Hall–Kier alpha value is -1.58. The van der Waals surface area contributed by atoms with Crippen molar-refractivity contribution in [1.82, 2.24) is 9.88 Å². The highest BCUT2D eigenvalue weighted by molar-refractivity contribution is 6.18. The molecule has 0 amide bonds. The third-order valence-electron chi connectivity index (χ3n) is 3.09. The summed E-state index contributed by atoms with van der Waals surface area (Å²) in [6.45, 7) is 2.47. The van der Waals surface area contributed by atoms with E-state index in [-0.39, 0.29) is 0 Å². The molecule has 0 unspecified atom stereocenters. The number of halogens is 1. The van der Waals surface area contributed by atoms with E-state index < -0.39 is 0 Å². The second kappa shape index (κ2) is 7.88. The molecule has 4 heteroatoms. The van der Waals surface area contributed by atoms with Crippen molar-refractivity contribution >= 4 is 11.6 Å². The van der Waals surface area contributed by atoms with Crippen LogP contribution in [0.15, 0.2) is 48.7 Å². The maximum Gasteiger partial charge on any atom is 0.217 e. The van der Waals surface area contributed by atoms with E-state index in [1.807, 2.05) is 18.2 Å². The van der Waals surface area contributed by atoms with Crippen molar-refractivity contribution in [3.05, 3.63) is 59.8 Å². The van der Waals surface area contributed by atoms with Gasteiger partial charge in [0.15, 0.2) is 0 Å². The van der Waals surface area contributed by atoms with Crippen LogP contribution in [0.4, 0.5) is 0 Å². The van der Waals surface area contributed by atoms with E-state index in [0.717, 1.165) is 25.2 Å². The highest BCUT2D eigenvalue weighted by Gasteiger charge is 2.10. The van der Waals surface area contributed by atoms with Crippen molar-refractivity contribution in [2.45, 2.75) is 13.1 Å². The Bertz CT molecular complexity index is 519. The number of hydrogen-bond donors (Lipinski definition) is 0. The van der Waals surface area contributed by atoms with E-state index in [0.29, 0.717) is 11.8 Å². The molecule has 0 spiro atoms. The molecule has 0 saturated carbocycles. The summed E-state index contributed by atoms with van der Waals surface area (Å²) in [5, 5.41) is 0. The predicted octanol–water partition coefficient (Wildman–Crippen LogP) is 3.33. The third-order valence-corrected chi connectivity index (χ3v) is 3.26. The number of benzene rings is 1. The number of nitrogens with zero attached hydrogens (tertiary/aromatic N) is 2. The van der Waals surface area contributed by atoms with Gasteiger partial charge in [-0.25, -0.2) is 4.98 Å². The van der Waals surface area contributed by atoms with Crippen LogP contribution in [0.5, 0.6) is 5.88 Å². The molecule has 1 heterocycles. The molecule has 0 bridgehead atoms. The number of alkyl halides is 1. The molecule has 2 aromatic rings. The molecule has 2 rings (SSSR count). The Morgan fingerprint density at radius 1 is 1.10 bits per heavy atom. The summed E-state index contributed by atoms with van der Waals surface area (Å²) in [6.07, 6.45) is 1.74. The molecule has 0 aliphatic heterocycles. The molecule has 0 fully saturated rings. The van der Waals surface area contributed by atoms with Gasteiger partial charge in [0.05, 0.1) is 7.11 Å². The zero-order valence-electron chi connectivity index (χ0n) is 11.6. The standard InChI is InChI=1S/C16H19ClN2O/c1-20-16-15(8-5-10-18-16)13-19(11-9-17)12-14-6-3-2-4-7-14/h2-8,10H,9,11-13H2,1H3. The third kappa shape index (κ3) is 4.22. The van der Waals surface area contributed by atoms with Crippen molar-refractivity contribution in [3.8, 4) is 5.88 Å². The van der Waals surface area contributed by atoms with Crippen LogP contribution in [0.25, 0.3) is 0 Å². The summed E-state index contributed by atoms with van der Waals surface area (Å²) in [5.41, 5.74) is 2.36. The molecule has 0 saturated heterocycles. The predicted molar refractivity (Wildman–Crippen MR) is 82.1 cm³/mol. The fourth-order valence-electron chi connectivity index (χ4n) is 2.14. The zero-order valence-corrected chi connectivity index (χ0v) is 12.4. The minimum absolute atomic E-state index is 0.607. The normalized spacial score (nSPS) is 10.8. The van der Waals surface area contributed by atoms with Crippen LogP contribution in [0.1, 0.15) is 11.1 Å². The SMILES string of the molecule is COc1ncccc1CN(CCCl)Cc1ccccc1. The molecule has 1 aromatic heterocycles. The first-order valence-electron chi connectivity index (χ1n) is 6.63. The minimum atomic E-state index is 0.607. The van der Waals surface area contributed by atoms with Gasteiger partial charge in [0.2, 0.25) is 5.88 Å². The summed E-state index contributed by atoms with van der Waals surface area (Å²) < 4.78 is 5.30. The average molecular weight is 291 g/mol. The molecule has 3 nitrogen and oxygen atoms in total. The lowest BCUT2D eigenvalue weighted by Crippen LogP contribution is -2.25. The van der Waals surface area contributed by atoms with E-state index in [1.54, 1.807) is 13.3 Å². The van der Waals surface area contributed by atoms with E-state index in [1.165, 1.54) is 5.56 Å². The first-order chi connectivity index (χ1) is 9.83. The number of aromatic nitrogens is 1. The highest BCUT2D eigenvalue weighted by atomic mass is 35.5. The first kappa shape index (κ1) is 14.8. The van der Waals surface area contributed by atoms with Crippen molar-refractivity contribution in [2.75, 3.05) is 19.5 Å². The fraction of sp³-hybridized carbons (Fsp3) is 0.312. The van der Waals surface area contributed by atoms with Gasteiger partial charge in [-0.05, 0) is 11.6 Å². The lowest BCUT2D eigenvalue weighted by Gasteiger charge is -2.22. The molecule has 0 N–H and O–H groups in total. The molecule has 20 heavy (non-hydrogen) atoms. The summed E-state index contributed by atoms with van der Waals surface area (Å²) in [7, 11) is 1.65. The van der Waals surface area contributed by atoms with Gasteiger partial charge in [-0.2, -0.15) is 0 Å². The number of hydrogen-bond acceptors (Lipinski definition) is 3. The van der Waals surface area contributed by atoms with Crippen LogP contribution in [-0.4, -0.2) is 29.4 Å². The molecule has 1 aromatic carbocycles. The number of ether oxygens (including phenoxy) is 1. The van der Waals surface area contributed by atoms with Gasteiger partial charge >= 0.3 is 0 Å². The van der Waals surface area contributed by atoms with Crippen molar-refractivity contribution in [3.63, 3.8) is 0 Å². The van der Waals surface area contributed by atoms with Gasteiger partial charge in [0, 0.05) is 37.3 Å². The van der Waals surface area contributed by atoms with E-state index in [2.05, 4.69) is 34.1 Å². The van der Waals surface area contributed by atoms with Crippen LogP contribution in [0.2, 0.25) is 0 Å². The van der Waals surface area contributed by atoms with E-state index >= 15 is 0 Å². The monoisotopic (exact) mass is 290 g/mol. The second-order valence-electron chi connectivity index (χ2n) is 4.56. The van der Waals surface area contributed by atoms with Crippen LogP contribution >= 0.6 is 11.6 Å². The molecular weight excluding hydrogens is 272 g/mol. The maximum atomic E-state index is 5.91. The Morgan fingerprint density at radius 2 is 1.90 bits per heavy atom. The van der Waals surface area contributed by atoms with Crippen LogP contribution < -0.4 is 4.74 Å². The van der Waals surface area contributed by atoms with Crippen molar-refractivity contribution in [1.29, 1.82) is 0 Å². The summed E-state index contributed by atoms with van der Waals surface area (Å²) in [5.74, 6) is 1.29. The minimum Gasteiger partial charge on any atom is -0.481 e. The Balaban J connectivity index is 2.09. The quantitative estimate of drug-likeness (QED) is 0.732. The van der Waals surface area contributed by atoms with Gasteiger partial charge in [0.1, 0.15) is 0 Å². The Labute approximate surface area is 125 Å². The Kier molecular flexibility index (Phi) is 5.84. The molecule has 0 atom stereocenters. The molecule has 0 radical (unpaired) electrons. The number of rotatable bonds is 7. The van der Waals surface area contributed by atoms with E-state index in [9.17, 15) is 0 Å². The summed E-state index contributed by atoms with van der Waals surface area (Å²) in [4.78, 5) is 6.53. The fourth-order valence-corrected chi connectivity index (χ4v) is 2.38. The lowest BCUT2D eigenvalue weighted by molar-refractivity contribution is 0.266. The van der Waals surface area contributed by atoms with Crippen LogP contribution in [-0.2, 0) is 13.1 Å². The Morgan fingerprint density at radius 3 is 2.60 bits per heavy atom. The van der Waals surface area contributed by atoms with Gasteiger partial charge in [-0.3, -0.25) is 4.90 Å². The zero-order chi connectivity index (χ0) is 14.2. The van der Waals surface area contributed by atoms with Gasteiger partial charge in [-0.15, -0.1) is 11.6 Å². The van der Waals surface area contributed by atoms with Gasteiger partial charge in [0.25, 0.3) is 0 Å². The van der Waals surface area contributed by atoms with Crippen molar-refractivity contribution < 1.29 is 4.74 Å². The van der Waals surface area contributed by atoms with Crippen LogP contribution in [0.3, 0.4) is 0 Å². The number of methoxy groups -OCH3 is 1. The van der Waals surface area contributed by atoms with E-state index in [4.69, 9.17) is 16.3 Å². The molecule has 0 aliphatic carbocycles. The van der Waals surface area contributed by atoms with Crippen molar-refractivity contribution in [2.24, 2.45) is 0 Å². The van der Waals surface area contributed by atoms with Gasteiger partial charge < -0.3 is 4.74 Å². The first-order valence-corrected chi connectivity index (χ1v) is 7.17. The number of pyridine rings is 1. The van der Waals surface area contributed by atoms with Gasteiger partial charge in [-0.1, -0.05) is 36.4 Å². The second-order valence-corrected chi connectivity index (χ2v) is 4.94. The molecule has 106 valence electrons. The topological polar surface area (TPSA) is 25.4 Å². The molecule has 0 aliphatic rings. The maximum absolute atomic E-state index is 5.91. The highest BCUT2D eigenvalue weighted by Crippen LogP contribution is 2.17. The van der Waals surface area contributed by atoms with Crippen LogP contribution in [0, 0.1) is 0 Å². The molecular formula is C16H19ClN2O. The lowest BCUT2D eigenvalue weighted by atomic mass is 10.2. The average Bonchev–Trinajstić information content (AvgIpc) is 2.49. The summed E-state index contributed by atoms with van der Waals surface area (Å²) in [6, 6.07) is 14.4.